The molecule has 0 saturated carbocycles. The van der Waals surface area contributed by atoms with Crippen LogP contribution in [0.4, 0.5) is 0 Å². The Bertz CT molecular complexity index is 728. The second kappa shape index (κ2) is 10.2. The second-order valence-corrected chi connectivity index (χ2v) is 10.3. The van der Waals surface area contributed by atoms with Gasteiger partial charge in [-0.3, -0.25) is 14.5 Å². The van der Waals surface area contributed by atoms with Gasteiger partial charge in [0.1, 0.15) is 0 Å². The summed E-state index contributed by atoms with van der Waals surface area (Å²) in [6.07, 6.45) is 7.40. The van der Waals surface area contributed by atoms with E-state index < -0.39 is 0 Å². The molecule has 4 rings (SSSR count). The summed E-state index contributed by atoms with van der Waals surface area (Å²) in [5.74, 6) is 1.74. The van der Waals surface area contributed by atoms with Crippen LogP contribution < -0.4 is 5.32 Å². The number of piperidine rings is 2. The van der Waals surface area contributed by atoms with Crippen LogP contribution >= 0.6 is 0 Å². The van der Waals surface area contributed by atoms with Crippen molar-refractivity contribution in [3.8, 4) is 0 Å². The van der Waals surface area contributed by atoms with Gasteiger partial charge < -0.3 is 10.2 Å². The van der Waals surface area contributed by atoms with Gasteiger partial charge in [0.05, 0.1) is 6.54 Å². The highest BCUT2D eigenvalue weighted by Crippen LogP contribution is 2.42. The largest absolute Gasteiger partial charge is 0.356 e. The van der Waals surface area contributed by atoms with E-state index in [0.717, 1.165) is 38.9 Å². The molecule has 2 amide bonds. The predicted molar refractivity (Wildman–Crippen MR) is 124 cm³/mol. The number of hydrogen-bond acceptors (Lipinski definition) is 3. The summed E-state index contributed by atoms with van der Waals surface area (Å²) in [4.78, 5) is 29.9. The fourth-order valence-corrected chi connectivity index (χ4v) is 5.81. The van der Waals surface area contributed by atoms with Gasteiger partial charge in [0.15, 0.2) is 0 Å². The standard InChI is InChI=1S/C26H39N3O2/c1-19(2)10-13-27-26(31)21-11-14-28(15-12-21)25(30)18-29-23-8-9-24(29)17-22(16-23)20-6-4-3-5-7-20/h3-7,19,21-24H,8-18H2,1-2H3,(H,27,31)/t22?,23-,24+. The zero-order chi connectivity index (χ0) is 21.8. The molecule has 1 N–H and O–H groups in total. The molecule has 0 aromatic heterocycles. The zero-order valence-electron chi connectivity index (χ0n) is 19.3. The number of likely N-dealkylation sites (tertiary alicyclic amines) is 1. The zero-order valence-corrected chi connectivity index (χ0v) is 19.3. The number of rotatable bonds is 7. The smallest absolute Gasteiger partial charge is 0.236 e. The molecule has 3 fully saturated rings. The van der Waals surface area contributed by atoms with Gasteiger partial charge in [0, 0.05) is 37.6 Å². The van der Waals surface area contributed by atoms with Gasteiger partial charge in [-0.25, -0.2) is 0 Å². The van der Waals surface area contributed by atoms with Crippen LogP contribution in [0.1, 0.15) is 70.3 Å². The van der Waals surface area contributed by atoms with Crippen molar-refractivity contribution >= 4 is 11.8 Å². The predicted octanol–water partition coefficient (Wildman–Crippen LogP) is 3.80. The highest BCUT2D eigenvalue weighted by molar-refractivity contribution is 5.81. The molecule has 3 atom stereocenters. The lowest BCUT2D eigenvalue weighted by atomic mass is 9.85. The van der Waals surface area contributed by atoms with Gasteiger partial charge in [0.2, 0.25) is 11.8 Å². The summed E-state index contributed by atoms with van der Waals surface area (Å²) in [5.41, 5.74) is 1.46. The molecule has 1 aromatic carbocycles. The van der Waals surface area contributed by atoms with Crippen molar-refractivity contribution in [2.45, 2.75) is 76.8 Å². The molecule has 0 radical (unpaired) electrons. The van der Waals surface area contributed by atoms with Crippen molar-refractivity contribution in [2.75, 3.05) is 26.2 Å². The fraction of sp³-hybridized carbons (Fsp3) is 0.692. The molecule has 5 nitrogen and oxygen atoms in total. The molecule has 3 saturated heterocycles. The number of amides is 2. The van der Waals surface area contributed by atoms with Gasteiger partial charge in [-0.15, -0.1) is 0 Å². The average molecular weight is 426 g/mol. The molecule has 1 aromatic rings. The number of carbonyl (C=O) groups excluding carboxylic acids is 2. The Morgan fingerprint density at radius 2 is 1.65 bits per heavy atom. The first-order valence-electron chi connectivity index (χ1n) is 12.4. The van der Waals surface area contributed by atoms with Gasteiger partial charge in [0.25, 0.3) is 0 Å². The van der Waals surface area contributed by atoms with Crippen LogP contribution in [-0.2, 0) is 9.59 Å². The molecule has 3 aliphatic rings. The number of fused-ring (bicyclic) bond motifs is 2. The number of hydrogen-bond donors (Lipinski definition) is 1. The van der Waals surface area contributed by atoms with E-state index >= 15 is 0 Å². The van der Waals surface area contributed by atoms with Crippen molar-refractivity contribution in [2.24, 2.45) is 11.8 Å². The van der Waals surface area contributed by atoms with E-state index in [2.05, 4.69) is 54.4 Å². The molecule has 5 heteroatoms. The molecule has 2 bridgehead atoms. The second-order valence-electron chi connectivity index (χ2n) is 10.3. The molecule has 31 heavy (non-hydrogen) atoms. The first-order valence-corrected chi connectivity index (χ1v) is 12.4. The molecule has 0 aliphatic carbocycles. The molecular formula is C26H39N3O2. The quantitative estimate of drug-likeness (QED) is 0.723. The van der Waals surface area contributed by atoms with Crippen LogP contribution in [0.25, 0.3) is 0 Å². The van der Waals surface area contributed by atoms with E-state index in [0.29, 0.717) is 30.5 Å². The SMILES string of the molecule is CC(C)CCNC(=O)C1CCN(C(=O)CN2[C@@H]3CC[C@H]2CC(c2ccccc2)C3)CC1. The van der Waals surface area contributed by atoms with Crippen LogP contribution in [0.2, 0.25) is 0 Å². The van der Waals surface area contributed by atoms with Gasteiger partial charge in [-0.05, 0) is 62.3 Å². The maximum atomic E-state index is 13.0. The fourth-order valence-electron chi connectivity index (χ4n) is 5.81. The molecule has 0 spiro atoms. The number of carbonyl (C=O) groups is 2. The molecular weight excluding hydrogens is 386 g/mol. The maximum Gasteiger partial charge on any atom is 0.236 e. The highest BCUT2D eigenvalue weighted by Gasteiger charge is 2.42. The van der Waals surface area contributed by atoms with Gasteiger partial charge in [-0.1, -0.05) is 44.2 Å². The van der Waals surface area contributed by atoms with Gasteiger partial charge >= 0.3 is 0 Å². The van der Waals surface area contributed by atoms with Crippen molar-refractivity contribution in [3.05, 3.63) is 35.9 Å². The summed E-state index contributed by atoms with van der Waals surface area (Å²) < 4.78 is 0. The Labute approximate surface area is 187 Å². The molecule has 1 unspecified atom stereocenters. The van der Waals surface area contributed by atoms with Crippen LogP contribution in [0.5, 0.6) is 0 Å². The topological polar surface area (TPSA) is 52.7 Å². The van der Waals surface area contributed by atoms with E-state index in [-0.39, 0.29) is 17.7 Å². The lowest BCUT2D eigenvalue weighted by Crippen LogP contribution is -2.50. The summed E-state index contributed by atoms with van der Waals surface area (Å²) in [6.45, 7) is 7.10. The lowest BCUT2D eigenvalue weighted by molar-refractivity contribution is -0.137. The van der Waals surface area contributed by atoms with E-state index in [1.54, 1.807) is 0 Å². The number of nitrogens with zero attached hydrogens (tertiary/aromatic N) is 2. The number of benzene rings is 1. The van der Waals surface area contributed by atoms with E-state index in [9.17, 15) is 9.59 Å². The van der Waals surface area contributed by atoms with Crippen LogP contribution in [0.3, 0.4) is 0 Å². The minimum Gasteiger partial charge on any atom is -0.356 e. The Morgan fingerprint density at radius 1 is 1.00 bits per heavy atom. The summed E-state index contributed by atoms with van der Waals surface area (Å²) in [7, 11) is 0. The van der Waals surface area contributed by atoms with E-state index in [4.69, 9.17) is 0 Å². The van der Waals surface area contributed by atoms with Crippen molar-refractivity contribution in [3.63, 3.8) is 0 Å². The van der Waals surface area contributed by atoms with Crippen molar-refractivity contribution in [1.29, 1.82) is 0 Å². The van der Waals surface area contributed by atoms with Gasteiger partial charge in [-0.2, -0.15) is 0 Å². The lowest BCUT2D eigenvalue weighted by Gasteiger charge is -2.40. The Morgan fingerprint density at radius 3 is 2.26 bits per heavy atom. The third-order valence-corrected chi connectivity index (χ3v) is 7.71. The Hall–Kier alpha value is -1.88. The maximum absolute atomic E-state index is 13.0. The molecule has 170 valence electrons. The van der Waals surface area contributed by atoms with E-state index in [1.165, 1.54) is 31.2 Å². The third-order valence-electron chi connectivity index (χ3n) is 7.71. The van der Waals surface area contributed by atoms with Crippen molar-refractivity contribution < 1.29 is 9.59 Å². The summed E-state index contributed by atoms with van der Waals surface area (Å²) in [5, 5.41) is 3.08. The normalized spacial score (nSPS) is 26.9. The summed E-state index contributed by atoms with van der Waals surface area (Å²) >= 11 is 0. The average Bonchev–Trinajstić information content (AvgIpc) is 3.00. The molecule has 3 heterocycles. The van der Waals surface area contributed by atoms with Crippen molar-refractivity contribution in [1.82, 2.24) is 15.1 Å². The number of nitrogens with one attached hydrogen (secondary N) is 1. The molecule has 3 aliphatic heterocycles. The Balaban J connectivity index is 1.23. The van der Waals surface area contributed by atoms with Crippen LogP contribution in [-0.4, -0.2) is 59.9 Å². The summed E-state index contributed by atoms with van der Waals surface area (Å²) in [6, 6.07) is 12.0. The highest BCUT2D eigenvalue weighted by atomic mass is 16.2. The minimum atomic E-state index is 0.0639. The first kappa shape index (κ1) is 22.3. The minimum absolute atomic E-state index is 0.0639. The Kier molecular flexibility index (Phi) is 7.31. The monoisotopic (exact) mass is 425 g/mol. The van der Waals surface area contributed by atoms with Crippen LogP contribution in [0, 0.1) is 11.8 Å². The third kappa shape index (κ3) is 5.49. The first-order chi connectivity index (χ1) is 15.0. The van der Waals surface area contributed by atoms with E-state index in [1.807, 2.05) is 4.90 Å². The van der Waals surface area contributed by atoms with Crippen LogP contribution in [0.15, 0.2) is 30.3 Å².